The zero-order valence-electron chi connectivity index (χ0n) is 14.6. The van der Waals surface area contributed by atoms with Gasteiger partial charge in [-0.3, -0.25) is 14.2 Å². The summed E-state index contributed by atoms with van der Waals surface area (Å²) in [6, 6.07) is 13.4. The van der Waals surface area contributed by atoms with E-state index in [9.17, 15) is 14.7 Å². The minimum atomic E-state index is -0.677. The van der Waals surface area contributed by atoms with Gasteiger partial charge in [0, 0.05) is 16.0 Å². The Hall–Kier alpha value is -3.63. The predicted molar refractivity (Wildman–Crippen MR) is 106 cm³/mol. The molecule has 0 fully saturated rings. The molecule has 0 saturated carbocycles. The highest BCUT2D eigenvalue weighted by Gasteiger charge is 2.16. The number of amides is 2. The van der Waals surface area contributed by atoms with E-state index in [4.69, 9.17) is 18.0 Å². The average molecular weight is 395 g/mol. The van der Waals surface area contributed by atoms with Crippen LogP contribution < -0.4 is 5.32 Å². The second kappa shape index (κ2) is 8.37. The smallest absolute Gasteiger partial charge is 0.283 e. The molecular formula is C20H15ClN4O3. The number of aromatic hydroxyl groups is 1. The van der Waals surface area contributed by atoms with Crippen molar-refractivity contribution in [1.29, 1.82) is 0 Å². The Morgan fingerprint density at radius 2 is 2.00 bits per heavy atom. The molecule has 1 heterocycles. The van der Waals surface area contributed by atoms with Gasteiger partial charge in [0.1, 0.15) is 6.54 Å². The van der Waals surface area contributed by atoms with E-state index in [1.54, 1.807) is 42.5 Å². The molecule has 2 amide bonds. The number of rotatable bonds is 5. The fourth-order valence-electron chi connectivity index (χ4n) is 2.65. The number of azo groups is 1. The van der Waals surface area contributed by atoms with Crippen LogP contribution in [0.1, 0.15) is 10.4 Å². The number of fused-ring (bicyclic) bond motifs is 1. The summed E-state index contributed by atoms with van der Waals surface area (Å²) >= 11 is 5.84. The normalized spacial score (nSPS) is 10.9. The van der Waals surface area contributed by atoms with Crippen molar-refractivity contribution in [3.05, 3.63) is 59.1 Å². The third kappa shape index (κ3) is 4.03. The van der Waals surface area contributed by atoms with E-state index in [2.05, 4.69) is 21.5 Å². The lowest BCUT2D eigenvalue weighted by Crippen LogP contribution is -2.28. The van der Waals surface area contributed by atoms with Crippen LogP contribution in [0, 0.1) is 12.3 Å². The van der Waals surface area contributed by atoms with Crippen LogP contribution in [-0.2, 0) is 11.3 Å². The molecule has 2 aromatic carbocycles. The monoisotopic (exact) mass is 394 g/mol. The quantitative estimate of drug-likeness (QED) is 0.510. The lowest BCUT2D eigenvalue weighted by molar-refractivity contribution is -0.117. The zero-order valence-corrected chi connectivity index (χ0v) is 15.3. The van der Waals surface area contributed by atoms with Crippen LogP contribution >= 0.6 is 11.6 Å². The maximum atomic E-state index is 12.0. The molecule has 7 nitrogen and oxygen atoms in total. The highest BCUT2D eigenvalue weighted by Crippen LogP contribution is 2.38. The maximum absolute atomic E-state index is 12.0. The molecule has 0 aliphatic rings. The Balaban J connectivity index is 1.73. The number of halogens is 1. The van der Waals surface area contributed by atoms with Crippen LogP contribution in [0.15, 0.2) is 58.8 Å². The van der Waals surface area contributed by atoms with Crippen molar-refractivity contribution in [3.8, 4) is 18.2 Å². The molecule has 0 bridgehead atoms. The lowest BCUT2D eigenvalue weighted by atomic mass is 10.2. The van der Waals surface area contributed by atoms with E-state index >= 15 is 0 Å². The predicted octanol–water partition coefficient (Wildman–Crippen LogP) is 3.67. The molecule has 8 heteroatoms. The van der Waals surface area contributed by atoms with Crippen molar-refractivity contribution in [2.75, 3.05) is 6.54 Å². The first kappa shape index (κ1) is 19.1. The number of benzene rings is 2. The van der Waals surface area contributed by atoms with Gasteiger partial charge in [0.25, 0.3) is 11.8 Å². The van der Waals surface area contributed by atoms with Crippen molar-refractivity contribution in [3.63, 3.8) is 0 Å². The van der Waals surface area contributed by atoms with Crippen LogP contribution in [0.5, 0.6) is 5.88 Å². The Morgan fingerprint density at radius 1 is 1.21 bits per heavy atom. The number of para-hydroxylation sites is 1. The SMILES string of the molecule is C#CCn1c(O)c(N=NC(=O)CNC(=O)c2cccc(Cl)c2)c2ccccc21. The summed E-state index contributed by atoms with van der Waals surface area (Å²) in [4.78, 5) is 24.0. The summed E-state index contributed by atoms with van der Waals surface area (Å²) in [6.07, 6.45) is 5.34. The van der Waals surface area contributed by atoms with Gasteiger partial charge in [-0.25, -0.2) is 0 Å². The maximum Gasteiger partial charge on any atom is 0.283 e. The summed E-state index contributed by atoms with van der Waals surface area (Å²) in [6.45, 7) is -0.204. The van der Waals surface area contributed by atoms with Crippen LogP contribution in [-0.4, -0.2) is 28.0 Å². The summed E-state index contributed by atoms with van der Waals surface area (Å²) in [5, 5.41) is 21.3. The largest absolute Gasteiger partial charge is 0.493 e. The third-order valence-electron chi connectivity index (χ3n) is 3.92. The van der Waals surface area contributed by atoms with E-state index < -0.39 is 11.8 Å². The first-order valence-electron chi connectivity index (χ1n) is 8.23. The fraction of sp³-hybridized carbons (Fsp3) is 0.100. The molecule has 28 heavy (non-hydrogen) atoms. The first-order valence-corrected chi connectivity index (χ1v) is 8.61. The van der Waals surface area contributed by atoms with Gasteiger partial charge in [-0.05, 0) is 24.3 Å². The van der Waals surface area contributed by atoms with Crippen molar-refractivity contribution in [1.82, 2.24) is 9.88 Å². The van der Waals surface area contributed by atoms with Gasteiger partial charge in [0.2, 0.25) is 5.88 Å². The number of carbonyl (C=O) groups is 2. The zero-order chi connectivity index (χ0) is 20.1. The van der Waals surface area contributed by atoms with Gasteiger partial charge in [-0.15, -0.1) is 16.7 Å². The van der Waals surface area contributed by atoms with E-state index in [1.807, 2.05) is 0 Å². The Bertz CT molecular complexity index is 1130. The highest BCUT2D eigenvalue weighted by molar-refractivity contribution is 6.31. The Morgan fingerprint density at radius 3 is 2.75 bits per heavy atom. The molecule has 0 spiro atoms. The van der Waals surface area contributed by atoms with Crippen LogP contribution in [0.4, 0.5) is 5.69 Å². The molecule has 0 radical (unpaired) electrons. The molecule has 1 aromatic heterocycles. The summed E-state index contributed by atoms with van der Waals surface area (Å²) < 4.78 is 1.50. The van der Waals surface area contributed by atoms with E-state index in [-0.39, 0.29) is 24.7 Å². The topological polar surface area (TPSA) is 96.0 Å². The molecule has 2 N–H and O–H groups in total. The molecule has 3 aromatic rings. The lowest BCUT2D eigenvalue weighted by Gasteiger charge is -2.02. The van der Waals surface area contributed by atoms with Gasteiger partial charge < -0.3 is 10.4 Å². The average Bonchev–Trinajstić information content (AvgIpc) is 2.96. The summed E-state index contributed by atoms with van der Waals surface area (Å²) in [5.74, 6) is 1.14. The Kier molecular flexibility index (Phi) is 5.72. The van der Waals surface area contributed by atoms with Gasteiger partial charge in [-0.1, -0.05) is 41.8 Å². The number of hydrogen-bond acceptors (Lipinski definition) is 4. The van der Waals surface area contributed by atoms with Crippen molar-refractivity contribution in [2.45, 2.75) is 6.54 Å². The van der Waals surface area contributed by atoms with Gasteiger partial charge in [0.05, 0.1) is 12.1 Å². The number of carbonyl (C=O) groups excluding carboxylic acids is 2. The molecule has 0 unspecified atom stereocenters. The van der Waals surface area contributed by atoms with Crippen LogP contribution in [0.25, 0.3) is 10.9 Å². The minimum absolute atomic E-state index is 0.139. The number of hydrogen-bond donors (Lipinski definition) is 2. The molecule has 0 saturated heterocycles. The van der Waals surface area contributed by atoms with Crippen molar-refractivity contribution >= 4 is 40.0 Å². The molecular weight excluding hydrogens is 380 g/mol. The second-order valence-electron chi connectivity index (χ2n) is 5.77. The number of aromatic nitrogens is 1. The summed E-state index contributed by atoms with van der Waals surface area (Å²) in [5.41, 5.74) is 1.14. The molecule has 140 valence electrons. The van der Waals surface area contributed by atoms with E-state index in [1.165, 1.54) is 10.6 Å². The number of nitrogens with zero attached hydrogens (tertiary/aromatic N) is 3. The van der Waals surface area contributed by atoms with E-state index in [0.717, 1.165) is 0 Å². The first-order chi connectivity index (χ1) is 13.5. The second-order valence-corrected chi connectivity index (χ2v) is 6.20. The van der Waals surface area contributed by atoms with Gasteiger partial charge in [-0.2, -0.15) is 0 Å². The van der Waals surface area contributed by atoms with E-state index in [0.29, 0.717) is 21.5 Å². The third-order valence-corrected chi connectivity index (χ3v) is 4.15. The summed E-state index contributed by atoms with van der Waals surface area (Å²) in [7, 11) is 0. The Labute approximate surface area is 165 Å². The van der Waals surface area contributed by atoms with Gasteiger partial charge >= 0.3 is 0 Å². The number of terminal acetylenes is 1. The van der Waals surface area contributed by atoms with Crippen molar-refractivity contribution in [2.24, 2.45) is 10.2 Å². The fourth-order valence-corrected chi connectivity index (χ4v) is 2.84. The molecule has 0 atom stereocenters. The minimum Gasteiger partial charge on any atom is -0.493 e. The standard InChI is InChI=1S/C20H15ClN4O3/c1-2-10-25-16-9-4-3-8-15(16)18(20(25)28)24-23-17(26)12-22-19(27)13-6-5-7-14(21)11-13/h1,3-9,11,28H,10,12H2,(H,22,27). The highest BCUT2D eigenvalue weighted by atomic mass is 35.5. The molecule has 0 aliphatic carbocycles. The number of nitrogens with one attached hydrogen (secondary N) is 1. The van der Waals surface area contributed by atoms with Crippen LogP contribution in [0.3, 0.4) is 0 Å². The van der Waals surface area contributed by atoms with Crippen molar-refractivity contribution < 1.29 is 14.7 Å². The van der Waals surface area contributed by atoms with Crippen LogP contribution in [0.2, 0.25) is 5.02 Å². The molecule has 0 aliphatic heterocycles. The molecule has 3 rings (SSSR count). The van der Waals surface area contributed by atoms with Gasteiger partial charge in [0.15, 0.2) is 5.69 Å².